The highest BCUT2D eigenvalue weighted by molar-refractivity contribution is 7.88. The second-order valence-corrected chi connectivity index (χ2v) is 12.2. The highest BCUT2D eigenvalue weighted by Gasteiger charge is 2.49. The van der Waals surface area contributed by atoms with Crippen LogP contribution in [-0.4, -0.2) is 30.2 Å². The number of carbonyl (C=O) groups is 1. The third-order valence-electron chi connectivity index (χ3n) is 6.88. The number of halogens is 4. The highest BCUT2D eigenvalue weighted by atomic mass is 35.5. The summed E-state index contributed by atoms with van der Waals surface area (Å²) in [7, 11) is -6.02. The Morgan fingerprint density at radius 2 is 1.71 bits per heavy atom. The summed E-state index contributed by atoms with van der Waals surface area (Å²) < 4.78 is 72.4. The Morgan fingerprint density at radius 3 is 2.29 bits per heavy atom. The SMILES string of the molecule is CC.Cc1cc(C(C)Nc2cnc(Cl)nc2-c2ccc(OS(=O)(=O)C(F)(F)F)c(C=O)c2C)c2oc(C(C)C)c(C)c(=O)c2c1. The van der Waals surface area contributed by atoms with Gasteiger partial charge in [0.1, 0.15) is 11.3 Å². The third kappa shape index (κ3) is 7.14. The van der Waals surface area contributed by atoms with E-state index in [1.807, 2.05) is 47.6 Å². The second kappa shape index (κ2) is 13.6. The van der Waals surface area contributed by atoms with Gasteiger partial charge < -0.3 is 13.9 Å². The summed E-state index contributed by atoms with van der Waals surface area (Å²) in [5.74, 6) is -0.273. The molecule has 0 fully saturated rings. The molecule has 4 rings (SSSR count). The molecule has 0 amide bonds. The summed E-state index contributed by atoms with van der Waals surface area (Å²) >= 11 is 6.09. The van der Waals surface area contributed by atoms with E-state index in [1.165, 1.54) is 19.2 Å². The monoisotopic (exact) mass is 667 g/mol. The lowest BCUT2D eigenvalue weighted by molar-refractivity contribution is -0.0500. The van der Waals surface area contributed by atoms with Crippen LogP contribution in [-0.2, 0) is 10.1 Å². The van der Waals surface area contributed by atoms with Gasteiger partial charge in [0.2, 0.25) is 5.28 Å². The average Bonchev–Trinajstić information content (AvgIpc) is 2.96. The van der Waals surface area contributed by atoms with Crippen molar-refractivity contribution in [2.24, 2.45) is 0 Å². The Bertz CT molecular complexity index is 1930. The van der Waals surface area contributed by atoms with Crippen molar-refractivity contribution in [1.82, 2.24) is 9.97 Å². The number of fused-ring (bicyclic) bond motifs is 1. The van der Waals surface area contributed by atoms with Gasteiger partial charge in [0.05, 0.1) is 34.6 Å². The first-order chi connectivity index (χ1) is 21.0. The first kappa shape index (κ1) is 35.5. The fourth-order valence-corrected chi connectivity index (χ4v) is 5.39. The van der Waals surface area contributed by atoms with Gasteiger partial charge in [0.25, 0.3) is 0 Å². The van der Waals surface area contributed by atoms with Gasteiger partial charge in [-0.15, -0.1) is 0 Å². The number of nitrogens with one attached hydrogen (secondary N) is 1. The number of benzene rings is 2. The molecule has 2 aromatic carbocycles. The van der Waals surface area contributed by atoms with E-state index in [9.17, 15) is 31.2 Å². The summed E-state index contributed by atoms with van der Waals surface area (Å²) in [5, 5.41) is 3.54. The number of aldehydes is 1. The van der Waals surface area contributed by atoms with Crippen LogP contribution in [0.4, 0.5) is 18.9 Å². The van der Waals surface area contributed by atoms with Gasteiger partial charge in [-0.3, -0.25) is 9.59 Å². The van der Waals surface area contributed by atoms with E-state index in [0.717, 1.165) is 11.6 Å². The van der Waals surface area contributed by atoms with Crippen LogP contribution in [0.2, 0.25) is 5.28 Å². The molecule has 9 nitrogen and oxygen atoms in total. The molecule has 0 saturated carbocycles. The number of hydrogen-bond acceptors (Lipinski definition) is 9. The Hall–Kier alpha value is -3.97. The van der Waals surface area contributed by atoms with Crippen LogP contribution >= 0.6 is 11.6 Å². The molecule has 0 saturated heterocycles. The van der Waals surface area contributed by atoms with Gasteiger partial charge >= 0.3 is 15.6 Å². The minimum Gasteiger partial charge on any atom is -0.460 e. The van der Waals surface area contributed by atoms with Gasteiger partial charge in [0, 0.05) is 22.6 Å². The molecule has 0 spiro atoms. The molecule has 1 N–H and O–H groups in total. The fraction of sp³-hybridized carbons (Fsp3) is 0.355. The number of anilines is 1. The first-order valence-corrected chi connectivity index (χ1v) is 15.7. The van der Waals surface area contributed by atoms with E-state index < -0.39 is 33.0 Å². The topological polar surface area (TPSA) is 128 Å². The van der Waals surface area contributed by atoms with Crippen molar-refractivity contribution < 1.29 is 35.0 Å². The number of nitrogens with zero attached hydrogens (tertiary/aromatic N) is 2. The Kier molecular flexibility index (Phi) is 10.7. The van der Waals surface area contributed by atoms with Crippen molar-refractivity contribution in [3.8, 4) is 17.0 Å². The summed E-state index contributed by atoms with van der Waals surface area (Å²) in [6.45, 7) is 14.7. The standard InChI is InChI=1S/C29H27ClF3N3O6S.C2H6/c1-13(2)26-16(5)25(38)20-10-14(3)9-19(27(20)41-26)17(6)35-22-11-34-28(30)36-24(22)18-7-8-23(21(12-37)15(18)4)42-43(39,40)29(31,32)33;1-2/h7-13,17,35H,1-6H3;1-2H3. The van der Waals surface area contributed by atoms with Crippen LogP contribution in [0, 0.1) is 20.8 Å². The molecular weight excluding hydrogens is 635 g/mol. The Balaban J connectivity index is 0.00000271. The maximum Gasteiger partial charge on any atom is 0.534 e. The second-order valence-electron chi connectivity index (χ2n) is 10.3. The van der Waals surface area contributed by atoms with Crippen molar-refractivity contribution in [1.29, 1.82) is 0 Å². The number of aromatic nitrogens is 2. The summed E-state index contributed by atoms with van der Waals surface area (Å²) in [5.41, 5.74) is -3.00. The van der Waals surface area contributed by atoms with Crippen LogP contribution in [0.25, 0.3) is 22.2 Å². The molecule has 45 heavy (non-hydrogen) atoms. The largest absolute Gasteiger partial charge is 0.534 e. The first-order valence-electron chi connectivity index (χ1n) is 13.9. The molecule has 0 aliphatic carbocycles. The molecule has 2 aromatic heterocycles. The lowest BCUT2D eigenvalue weighted by atomic mass is 9.97. The molecule has 1 unspecified atom stereocenters. The van der Waals surface area contributed by atoms with Crippen LogP contribution < -0.4 is 14.9 Å². The zero-order valence-electron chi connectivity index (χ0n) is 25.9. The van der Waals surface area contributed by atoms with Gasteiger partial charge in [-0.05, 0) is 68.6 Å². The molecule has 2 heterocycles. The maximum absolute atomic E-state index is 13.2. The third-order valence-corrected chi connectivity index (χ3v) is 8.03. The van der Waals surface area contributed by atoms with Gasteiger partial charge in [-0.2, -0.15) is 21.6 Å². The quantitative estimate of drug-likeness (QED) is 0.0856. The lowest BCUT2D eigenvalue weighted by Crippen LogP contribution is -2.28. The molecule has 0 aliphatic heterocycles. The number of alkyl halides is 3. The zero-order valence-corrected chi connectivity index (χ0v) is 27.5. The predicted molar refractivity (Wildman–Crippen MR) is 168 cm³/mol. The van der Waals surface area contributed by atoms with Crippen molar-refractivity contribution in [3.05, 3.63) is 79.5 Å². The van der Waals surface area contributed by atoms with E-state index in [4.69, 9.17) is 16.0 Å². The van der Waals surface area contributed by atoms with Crippen molar-refractivity contribution in [3.63, 3.8) is 0 Å². The lowest BCUT2D eigenvalue weighted by Gasteiger charge is -2.21. The van der Waals surface area contributed by atoms with Gasteiger partial charge in [-0.1, -0.05) is 33.8 Å². The van der Waals surface area contributed by atoms with E-state index in [0.29, 0.717) is 33.5 Å². The Labute approximate surface area is 263 Å². The molecular formula is C31H33ClF3N3O6S. The molecule has 0 bridgehead atoms. The van der Waals surface area contributed by atoms with Crippen LogP contribution in [0.15, 0.2) is 39.7 Å². The minimum absolute atomic E-state index is 0.0427. The maximum atomic E-state index is 13.2. The Morgan fingerprint density at radius 1 is 1.07 bits per heavy atom. The van der Waals surface area contributed by atoms with Crippen LogP contribution in [0.5, 0.6) is 5.75 Å². The van der Waals surface area contributed by atoms with Crippen molar-refractivity contribution in [2.45, 2.75) is 72.9 Å². The normalized spacial score (nSPS) is 12.5. The smallest absolute Gasteiger partial charge is 0.460 e. The van der Waals surface area contributed by atoms with Crippen molar-refractivity contribution in [2.75, 3.05) is 5.32 Å². The van der Waals surface area contributed by atoms with E-state index in [-0.39, 0.29) is 39.7 Å². The van der Waals surface area contributed by atoms with Crippen molar-refractivity contribution >= 4 is 44.7 Å². The van der Waals surface area contributed by atoms with Crippen LogP contribution in [0.1, 0.15) is 85.0 Å². The number of hydrogen-bond donors (Lipinski definition) is 1. The molecule has 1 atom stereocenters. The molecule has 0 aliphatic rings. The average molecular weight is 668 g/mol. The fourth-order valence-electron chi connectivity index (χ4n) is 4.78. The number of rotatable bonds is 8. The number of aryl methyl sites for hydroxylation is 1. The number of carbonyl (C=O) groups excluding carboxylic acids is 1. The highest BCUT2D eigenvalue weighted by Crippen LogP contribution is 2.38. The van der Waals surface area contributed by atoms with Crippen LogP contribution in [0.3, 0.4) is 0 Å². The summed E-state index contributed by atoms with van der Waals surface area (Å²) in [6.07, 6.45) is 1.57. The zero-order chi connectivity index (χ0) is 34.0. The molecule has 0 radical (unpaired) electrons. The molecule has 14 heteroatoms. The van der Waals surface area contributed by atoms with E-state index >= 15 is 0 Å². The summed E-state index contributed by atoms with van der Waals surface area (Å²) in [4.78, 5) is 33.4. The predicted octanol–water partition coefficient (Wildman–Crippen LogP) is 8.19. The van der Waals surface area contributed by atoms with Gasteiger partial charge in [-0.25, -0.2) is 9.97 Å². The minimum atomic E-state index is -6.02. The summed E-state index contributed by atoms with van der Waals surface area (Å²) in [6, 6.07) is 5.33. The van der Waals surface area contributed by atoms with E-state index in [1.54, 1.807) is 13.0 Å². The van der Waals surface area contributed by atoms with E-state index in [2.05, 4.69) is 19.5 Å². The molecule has 242 valence electrons. The van der Waals surface area contributed by atoms with Gasteiger partial charge in [0.15, 0.2) is 17.5 Å². The molecule has 4 aromatic rings.